The molecule has 2 heterocycles. The molecule has 1 aliphatic rings. The Labute approximate surface area is 120 Å². The van der Waals surface area contributed by atoms with Crippen molar-refractivity contribution in [1.82, 2.24) is 20.0 Å². The summed E-state index contributed by atoms with van der Waals surface area (Å²) >= 11 is 0. The molecule has 0 unspecified atom stereocenters. The molecule has 6 nitrogen and oxygen atoms in total. The van der Waals surface area contributed by atoms with Gasteiger partial charge >= 0.3 is 0 Å². The Kier molecular flexibility index (Phi) is 5.11. The van der Waals surface area contributed by atoms with Gasteiger partial charge in [-0.3, -0.25) is 9.69 Å². The van der Waals surface area contributed by atoms with E-state index in [0.717, 1.165) is 39.0 Å². The highest BCUT2D eigenvalue weighted by Gasteiger charge is 2.25. The van der Waals surface area contributed by atoms with Crippen molar-refractivity contribution in [1.29, 1.82) is 0 Å². The van der Waals surface area contributed by atoms with Crippen LogP contribution in [0.4, 0.5) is 0 Å². The van der Waals surface area contributed by atoms with Crippen molar-refractivity contribution in [3.05, 3.63) is 11.8 Å². The smallest absolute Gasteiger partial charge is 0.230 e. The van der Waals surface area contributed by atoms with E-state index in [1.807, 2.05) is 4.90 Å². The highest BCUT2D eigenvalue weighted by Crippen LogP contribution is 2.14. The predicted octanol–water partition coefficient (Wildman–Crippen LogP) is 1.46. The van der Waals surface area contributed by atoms with Crippen molar-refractivity contribution in [3.63, 3.8) is 0 Å². The summed E-state index contributed by atoms with van der Waals surface area (Å²) in [7, 11) is 0. The third kappa shape index (κ3) is 3.56. The van der Waals surface area contributed by atoms with Crippen molar-refractivity contribution in [2.24, 2.45) is 5.92 Å². The van der Waals surface area contributed by atoms with Gasteiger partial charge in [-0.2, -0.15) is 0 Å². The number of amides is 1. The Bertz CT molecular complexity index is 434. The minimum Gasteiger partial charge on any atom is -0.424 e. The van der Waals surface area contributed by atoms with Gasteiger partial charge in [0, 0.05) is 39.0 Å². The number of nitrogens with zero attached hydrogens (tertiary/aromatic N) is 4. The molecule has 0 atom stereocenters. The van der Waals surface area contributed by atoms with E-state index in [-0.39, 0.29) is 5.92 Å². The number of piperazine rings is 1. The summed E-state index contributed by atoms with van der Waals surface area (Å²) in [6, 6.07) is 0. The molecule has 1 saturated heterocycles. The fraction of sp³-hybridized carbons (Fsp3) is 0.786. The molecule has 0 bridgehead atoms. The van der Waals surface area contributed by atoms with Crippen LogP contribution in [0.25, 0.3) is 0 Å². The quantitative estimate of drug-likeness (QED) is 0.817. The molecule has 1 aromatic rings. The third-order valence-electron chi connectivity index (χ3n) is 3.95. The van der Waals surface area contributed by atoms with Gasteiger partial charge < -0.3 is 9.32 Å². The molecule has 1 amide bonds. The van der Waals surface area contributed by atoms with Gasteiger partial charge in [0.05, 0.1) is 6.54 Å². The van der Waals surface area contributed by atoms with Crippen LogP contribution in [-0.2, 0) is 11.3 Å². The van der Waals surface area contributed by atoms with Gasteiger partial charge in [-0.15, -0.1) is 10.2 Å². The van der Waals surface area contributed by atoms with E-state index in [4.69, 9.17) is 4.42 Å². The van der Waals surface area contributed by atoms with Gasteiger partial charge in [-0.25, -0.2) is 0 Å². The maximum Gasteiger partial charge on any atom is 0.230 e. The lowest BCUT2D eigenvalue weighted by atomic mass is 10.0. The van der Waals surface area contributed by atoms with E-state index in [2.05, 4.69) is 28.9 Å². The molecule has 0 saturated carbocycles. The van der Waals surface area contributed by atoms with Gasteiger partial charge in [-0.1, -0.05) is 13.8 Å². The normalized spacial score (nSPS) is 16.9. The Hall–Kier alpha value is -1.43. The van der Waals surface area contributed by atoms with Crippen molar-refractivity contribution in [2.75, 3.05) is 26.2 Å². The standard InChI is InChI=1S/C14H24N4O2/c1-4-12(5-2)14(19)18-8-6-17(7-9-18)10-13-16-15-11(3)20-13/h12H,4-10H2,1-3H3. The molecular formula is C14H24N4O2. The van der Waals surface area contributed by atoms with Crippen LogP contribution in [-0.4, -0.2) is 52.1 Å². The fourth-order valence-electron chi connectivity index (χ4n) is 2.62. The molecule has 1 aromatic heterocycles. The monoisotopic (exact) mass is 280 g/mol. The van der Waals surface area contributed by atoms with Crippen molar-refractivity contribution >= 4 is 5.91 Å². The number of aryl methyl sites for hydroxylation is 1. The first-order chi connectivity index (χ1) is 9.63. The molecule has 112 valence electrons. The second-order valence-corrected chi connectivity index (χ2v) is 5.33. The van der Waals surface area contributed by atoms with Crippen LogP contribution in [0.2, 0.25) is 0 Å². The van der Waals surface area contributed by atoms with Crippen LogP contribution in [0.3, 0.4) is 0 Å². The maximum atomic E-state index is 12.3. The van der Waals surface area contributed by atoms with E-state index < -0.39 is 0 Å². The molecule has 0 radical (unpaired) electrons. The number of carbonyl (C=O) groups is 1. The molecule has 0 spiro atoms. The lowest BCUT2D eigenvalue weighted by Crippen LogP contribution is -2.49. The van der Waals surface area contributed by atoms with Gasteiger partial charge in [-0.05, 0) is 12.8 Å². The summed E-state index contributed by atoms with van der Waals surface area (Å²) in [4.78, 5) is 16.5. The molecule has 0 N–H and O–H groups in total. The number of rotatable bonds is 5. The van der Waals surface area contributed by atoms with E-state index in [0.29, 0.717) is 24.2 Å². The Morgan fingerprint density at radius 3 is 2.35 bits per heavy atom. The van der Waals surface area contributed by atoms with Crippen LogP contribution in [0.5, 0.6) is 0 Å². The van der Waals surface area contributed by atoms with Crippen LogP contribution < -0.4 is 0 Å². The molecule has 1 fully saturated rings. The van der Waals surface area contributed by atoms with E-state index >= 15 is 0 Å². The summed E-state index contributed by atoms with van der Waals surface area (Å²) in [5.41, 5.74) is 0. The van der Waals surface area contributed by atoms with Crippen molar-refractivity contribution < 1.29 is 9.21 Å². The molecular weight excluding hydrogens is 256 g/mol. The average molecular weight is 280 g/mol. The zero-order chi connectivity index (χ0) is 14.5. The second kappa shape index (κ2) is 6.83. The molecule has 0 aromatic carbocycles. The first-order valence-corrected chi connectivity index (χ1v) is 7.44. The predicted molar refractivity (Wildman–Crippen MR) is 75.0 cm³/mol. The molecule has 20 heavy (non-hydrogen) atoms. The van der Waals surface area contributed by atoms with E-state index in [1.165, 1.54) is 0 Å². The highest BCUT2D eigenvalue weighted by atomic mass is 16.4. The Morgan fingerprint density at radius 1 is 1.20 bits per heavy atom. The van der Waals surface area contributed by atoms with Crippen LogP contribution in [0.1, 0.15) is 38.5 Å². The third-order valence-corrected chi connectivity index (χ3v) is 3.95. The average Bonchev–Trinajstić information content (AvgIpc) is 2.86. The lowest BCUT2D eigenvalue weighted by molar-refractivity contribution is -0.137. The molecule has 0 aliphatic carbocycles. The van der Waals surface area contributed by atoms with Gasteiger partial charge in [0.25, 0.3) is 0 Å². The van der Waals surface area contributed by atoms with Crippen molar-refractivity contribution in [3.8, 4) is 0 Å². The number of hydrogen-bond acceptors (Lipinski definition) is 5. The highest BCUT2D eigenvalue weighted by molar-refractivity contribution is 5.78. The van der Waals surface area contributed by atoms with Gasteiger partial charge in [0.1, 0.15) is 0 Å². The summed E-state index contributed by atoms with van der Waals surface area (Å²) < 4.78 is 5.39. The van der Waals surface area contributed by atoms with Crippen LogP contribution in [0.15, 0.2) is 4.42 Å². The number of carbonyl (C=O) groups excluding carboxylic acids is 1. The Balaban J connectivity index is 1.81. The number of hydrogen-bond donors (Lipinski definition) is 0. The molecule has 6 heteroatoms. The zero-order valence-electron chi connectivity index (χ0n) is 12.6. The van der Waals surface area contributed by atoms with Crippen LogP contribution >= 0.6 is 0 Å². The largest absolute Gasteiger partial charge is 0.424 e. The summed E-state index contributed by atoms with van der Waals surface area (Å²) in [6.45, 7) is 9.96. The summed E-state index contributed by atoms with van der Waals surface area (Å²) in [5.74, 6) is 1.74. The van der Waals surface area contributed by atoms with E-state index in [1.54, 1.807) is 6.92 Å². The maximum absolute atomic E-state index is 12.3. The Morgan fingerprint density at radius 2 is 1.85 bits per heavy atom. The first-order valence-electron chi connectivity index (χ1n) is 7.44. The van der Waals surface area contributed by atoms with Crippen LogP contribution in [0, 0.1) is 12.8 Å². The second-order valence-electron chi connectivity index (χ2n) is 5.33. The minimum absolute atomic E-state index is 0.181. The van der Waals surface area contributed by atoms with Gasteiger partial charge in [0.15, 0.2) is 0 Å². The lowest BCUT2D eigenvalue weighted by Gasteiger charge is -2.35. The minimum atomic E-state index is 0.181. The molecule has 1 aliphatic heterocycles. The number of aromatic nitrogens is 2. The first kappa shape index (κ1) is 15.0. The fourth-order valence-corrected chi connectivity index (χ4v) is 2.62. The zero-order valence-corrected chi connectivity index (χ0v) is 12.6. The van der Waals surface area contributed by atoms with Crippen molar-refractivity contribution in [2.45, 2.75) is 40.2 Å². The van der Waals surface area contributed by atoms with E-state index in [9.17, 15) is 4.79 Å². The SMILES string of the molecule is CCC(CC)C(=O)N1CCN(Cc2nnc(C)o2)CC1. The summed E-state index contributed by atoms with van der Waals surface area (Å²) in [5, 5.41) is 7.84. The molecule has 2 rings (SSSR count). The van der Waals surface area contributed by atoms with Gasteiger partial charge in [0.2, 0.25) is 17.7 Å². The summed E-state index contributed by atoms with van der Waals surface area (Å²) in [6.07, 6.45) is 1.85. The topological polar surface area (TPSA) is 62.5 Å².